The molecule has 4 heterocycles. The Morgan fingerprint density at radius 1 is 1.27 bits per heavy atom. The van der Waals surface area contributed by atoms with Gasteiger partial charge in [-0.1, -0.05) is 6.58 Å². The van der Waals surface area contributed by atoms with Crippen LogP contribution in [0.15, 0.2) is 54.3 Å². The van der Waals surface area contributed by atoms with Crippen LogP contribution >= 0.6 is 11.5 Å². The maximum Gasteiger partial charge on any atom is 0.148 e. The molecule has 4 aromatic rings. The van der Waals surface area contributed by atoms with Crippen molar-refractivity contribution in [3.8, 4) is 16.3 Å². The Labute approximate surface area is 177 Å². The summed E-state index contributed by atoms with van der Waals surface area (Å²) in [6, 6.07) is 9.63. The number of hydrogen-bond donors (Lipinski definition) is 1. The molecule has 8 nitrogen and oxygen atoms in total. The van der Waals surface area contributed by atoms with Gasteiger partial charge in [0.1, 0.15) is 22.4 Å². The van der Waals surface area contributed by atoms with Crippen molar-refractivity contribution in [1.29, 1.82) is 0 Å². The highest BCUT2D eigenvalue weighted by molar-refractivity contribution is 7.09. The number of ether oxygens (including phenoxy) is 1. The van der Waals surface area contributed by atoms with Gasteiger partial charge in [0.25, 0.3) is 0 Å². The summed E-state index contributed by atoms with van der Waals surface area (Å²) in [5.74, 6) is 0.667. The summed E-state index contributed by atoms with van der Waals surface area (Å²) in [6.07, 6.45) is 3.41. The molecule has 4 rings (SSSR count). The van der Waals surface area contributed by atoms with Crippen LogP contribution in [0.2, 0.25) is 0 Å². The Morgan fingerprint density at radius 2 is 2.13 bits per heavy atom. The first-order valence-electron chi connectivity index (χ1n) is 9.26. The Balaban J connectivity index is 1.61. The average molecular weight is 420 g/mol. The van der Waals surface area contributed by atoms with Crippen molar-refractivity contribution >= 4 is 34.0 Å². The van der Waals surface area contributed by atoms with Gasteiger partial charge >= 0.3 is 0 Å². The number of aromatic nitrogens is 5. The summed E-state index contributed by atoms with van der Waals surface area (Å²) in [5, 5.41) is 8.12. The molecule has 0 saturated carbocycles. The third-order valence-corrected chi connectivity index (χ3v) is 5.40. The lowest BCUT2D eigenvalue weighted by Crippen LogP contribution is -2.25. The summed E-state index contributed by atoms with van der Waals surface area (Å²) >= 11 is 1.42. The number of pyridine rings is 2. The highest BCUT2D eigenvalue weighted by atomic mass is 32.1. The zero-order chi connectivity index (χ0) is 21.1. The van der Waals surface area contributed by atoms with E-state index in [0.29, 0.717) is 17.8 Å². The van der Waals surface area contributed by atoms with Crippen molar-refractivity contribution in [2.24, 2.45) is 4.99 Å². The molecule has 0 spiro atoms. The van der Waals surface area contributed by atoms with Crippen LogP contribution in [-0.2, 0) is 0 Å². The Morgan fingerprint density at radius 3 is 2.87 bits per heavy atom. The molecule has 9 heteroatoms. The summed E-state index contributed by atoms with van der Waals surface area (Å²) in [6.45, 7) is 6.63. The van der Waals surface area contributed by atoms with Crippen LogP contribution in [0.3, 0.4) is 0 Å². The van der Waals surface area contributed by atoms with Crippen molar-refractivity contribution < 1.29 is 4.74 Å². The number of anilines is 1. The van der Waals surface area contributed by atoms with Crippen molar-refractivity contribution in [3.05, 3.63) is 60.5 Å². The maximum absolute atomic E-state index is 5.23. The molecular formula is C21H21N7OS. The number of methoxy groups -OCH3 is 1. The van der Waals surface area contributed by atoms with E-state index in [-0.39, 0.29) is 0 Å². The molecule has 0 aliphatic carbocycles. The molecule has 0 fully saturated rings. The molecule has 1 N–H and O–H groups in total. The fraction of sp³-hybridized carbons (Fsp3) is 0.190. The van der Waals surface area contributed by atoms with Crippen LogP contribution in [0, 0.1) is 6.92 Å². The first-order valence-corrected chi connectivity index (χ1v) is 10.0. The van der Waals surface area contributed by atoms with Crippen LogP contribution in [0.1, 0.15) is 5.69 Å². The van der Waals surface area contributed by atoms with Crippen LogP contribution < -0.4 is 15.5 Å². The van der Waals surface area contributed by atoms with E-state index in [0.717, 1.165) is 38.7 Å². The monoisotopic (exact) mass is 419 g/mol. The predicted octanol–water partition coefficient (Wildman–Crippen LogP) is 3.38. The molecule has 0 radical (unpaired) electrons. The van der Waals surface area contributed by atoms with Gasteiger partial charge in [-0.05, 0) is 42.7 Å². The normalized spacial score (nSPS) is 11.6. The second-order valence-corrected chi connectivity index (χ2v) is 7.37. The third-order valence-electron chi connectivity index (χ3n) is 4.50. The zero-order valence-corrected chi connectivity index (χ0v) is 17.8. The third kappa shape index (κ3) is 3.92. The van der Waals surface area contributed by atoms with Gasteiger partial charge in [-0.2, -0.15) is 9.47 Å². The number of rotatable bonds is 6. The highest BCUT2D eigenvalue weighted by Gasteiger charge is 2.09. The Kier molecular flexibility index (Phi) is 5.53. The summed E-state index contributed by atoms with van der Waals surface area (Å²) in [4.78, 5) is 14.2. The van der Waals surface area contributed by atoms with E-state index in [1.807, 2.05) is 37.3 Å². The molecule has 0 aliphatic rings. The van der Waals surface area contributed by atoms with Gasteiger partial charge in [0.05, 0.1) is 47.3 Å². The van der Waals surface area contributed by atoms with Gasteiger partial charge in [-0.3, -0.25) is 9.98 Å². The van der Waals surface area contributed by atoms with Crippen molar-refractivity contribution in [1.82, 2.24) is 24.1 Å². The van der Waals surface area contributed by atoms with Crippen LogP contribution in [-0.4, -0.2) is 44.8 Å². The predicted molar refractivity (Wildman–Crippen MR) is 119 cm³/mol. The number of hydrogen-bond acceptors (Lipinski definition) is 8. The minimum Gasteiger partial charge on any atom is -0.495 e. The summed E-state index contributed by atoms with van der Waals surface area (Å²) in [7, 11) is 3.34. The number of nitrogens with one attached hydrogen (secondary N) is 1. The summed E-state index contributed by atoms with van der Waals surface area (Å²) in [5.41, 5.74) is 5.64. The van der Waals surface area contributed by atoms with Crippen LogP contribution in [0.5, 0.6) is 5.75 Å². The quantitative estimate of drug-likeness (QED) is 0.515. The molecule has 0 unspecified atom stereocenters. The molecule has 0 saturated heterocycles. The fourth-order valence-electron chi connectivity index (χ4n) is 2.97. The van der Waals surface area contributed by atoms with Gasteiger partial charge in [0.2, 0.25) is 0 Å². The minimum absolute atomic E-state index is 0.457. The lowest BCUT2D eigenvalue weighted by molar-refractivity contribution is 0.413. The SMILES string of the molecule is C=C(CNc1ccnc2cc(OC)cnc12)n1nc(-c2cc(C)ns2)ccc1=NC. The molecular weight excluding hydrogens is 398 g/mol. The second kappa shape index (κ2) is 8.42. The van der Waals surface area contributed by atoms with Crippen molar-refractivity contribution in [2.75, 3.05) is 26.0 Å². The van der Waals surface area contributed by atoms with E-state index in [4.69, 9.17) is 9.84 Å². The number of fused-ring (bicyclic) bond motifs is 1. The average Bonchev–Trinajstić information content (AvgIpc) is 3.22. The van der Waals surface area contributed by atoms with Gasteiger partial charge in [-0.15, -0.1) is 0 Å². The molecule has 0 aliphatic heterocycles. The van der Waals surface area contributed by atoms with Gasteiger partial charge in [0.15, 0.2) is 0 Å². The standard InChI is InChI=1S/C21H21N7OS/c1-13-9-19(30-27-13)16-5-6-20(22-3)28(26-16)14(2)11-24-17-7-8-23-18-10-15(29-4)12-25-21(17)18/h5-10,12H,2,11H2,1,3-4H3,(H,23,24). The Hall–Kier alpha value is -3.59. The van der Waals surface area contributed by atoms with Crippen molar-refractivity contribution in [3.63, 3.8) is 0 Å². The fourth-order valence-corrected chi connectivity index (χ4v) is 3.69. The largest absolute Gasteiger partial charge is 0.495 e. The van der Waals surface area contributed by atoms with Crippen LogP contribution in [0.25, 0.3) is 27.3 Å². The topological polar surface area (TPSA) is 90.1 Å². The first-order chi connectivity index (χ1) is 14.6. The van der Waals surface area contributed by atoms with Crippen LogP contribution in [0.4, 0.5) is 5.69 Å². The molecule has 0 bridgehead atoms. The van der Waals surface area contributed by atoms with E-state index in [1.165, 1.54) is 11.5 Å². The Bertz CT molecular complexity index is 1290. The molecule has 0 atom stereocenters. The van der Waals surface area contributed by atoms with E-state index in [2.05, 4.69) is 31.2 Å². The maximum atomic E-state index is 5.23. The highest BCUT2D eigenvalue weighted by Crippen LogP contribution is 2.24. The molecule has 0 aromatic carbocycles. The van der Waals surface area contributed by atoms with Gasteiger partial charge in [-0.25, -0.2) is 9.67 Å². The van der Waals surface area contributed by atoms with Gasteiger partial charge < -0.3 is 10.1 Å². The zero-order valence-electron chi connectivity index (χ0n) is 17.0. The minimum atomic E-state index is 0.457. The first kappa shape index (κ1) is 19.7. The lowest BCUT2D eigenvalue weighted by atomic mass is 10.2. The molecule has 0 amide bonds. The number of nitrogens with zero attached hydrogens (tertiary/aromatic N) is 6. The molecule has 30 heavy (non-hydrogen) atoms. The van der Waals surface area contributed by atoms with Crippen molar-refractivity contribution in [2.45, 2.75) is 6.92 Å². The van der Waals surface area contributed by atoms with E-state index in [1.54, 1.807) is 31.2 Å². The van der Waals surface area contributed by atoms with E-state index < -0.39 is 0 Å². The second-order valence-electron chi connectivity index (χ2n) is 6.57. The summed E-state index contributed by atoms with van der Waals surface area (Å²) < 4.78 is 11.3. The molecule has 152 valence electrons. The number of aryl methyl sites for hydroxylation is 1. The van der Waals surface area contributed by atoms with E-state index >= 15 is 0 Å². The smallest absolute Gasteiger partial charge is 0.148 e. The molecule has 4 aromatic heterocycles. The lowest BCUT2D eigenvalue weighted by Gasteiger charge is -2.13. The van der Waals surface area contributed by atoms with E-state index in [9.17, 15) is 0 Å². The van der Waals surface area contributed by atoms with Gasteiger partial charge in [0, 0.05) is 19.3 Å².